The van der Waals surface area contributed by atoms with Gasteiger partial charge in [-0.25, -0.2) is 0 Å². The molecule has 68 valence electrons. The first-order chi connectivity index (χ1) is 4.84. The first-order valence-corrected chi connectivity index (χ1v) is 3.28. The van der Waals surface area contributed by atoms with E-state index in [9.17, 15) is 13.2 Å². The minimum Gasteiger partial charge on any atom is -0.377 e. The van der Waals surface area contributed by atoms with Gasteiger partial charge in [-0.1, -0.05) is 0 Å². The molecule has 2 N–H and O–H groups in total. The van der Waals surface area contributed by atoms with E-state index in [0.717, 1.165) is 0 Å². The summed E-state index contributed by atoms with van der Waals surface area (Å²) in [6.45, 7) is 2.84. The molecule has 0 aromatic rings. The Morgan fingerprint density at radius 1 is 1.36 bits per heavy atom. The van der Waals surface area contributed by atoms with Gasteiger partial charge in [-0.2, -0.15) is 13.2 Å². The lowest BCUT2D eigenvalue weighted by molar-refractivity contribution is -0.161. The lowest BCUT2D eigenvalue weighted by atomic mass is 10.3. The van der Waals surface area contributed by atoms with Crippen LogP contribution in [0.3, 0.4) is 0 Å². The number of hydrogen-bond donors (Lipinski definition) is 1. The highest BCUT2D eigenvalue weighted by molar-refractivity contribution is 4.69. The van der Waals surface area contributed by atoms with Crippen LogP contribution in [0.4, 0.5) is 13.2 Å². The minimum absolute atomic E-state index is 0.219. The van der Waals surface area contributed by atoms with Crippen molar-refractivity contribution in [1.29, 1.82) is 0 Å². The fourth-order valence-electron chi connectivity index (χ4n) is 0.391. The van der Waals surface area contributed by atoms with Gasteiger partial charge in [0.1, 0.15) is 6.04 Å². The summed E-state index contributed by atoms with van der Waals surface area (Å²) in [4.78, 5) is 0. The molecule has 0 saturated heterocycles. The Morgan fingerprint density at radius 3 is 2.09 bits per heavy atom. The quantitative estimate of drug-likeness (QED) is 0.694. The Bertz CT molecular complexity index is 113. The molecule has 0 bridgehead atoms. The third-order valence-electron chi connectivity index (χ3n) is 1.03. The number of nitrogens with two attached hydrogens (primary N) is 1. The Hall–Kier alpha value is -0.290. The van der Waals surface area contributed by atoms with Crippen molar-refractivity contribution >= 4 is 0 Å². The summed E-state index contributed by atoms with van der Waals surface area (Å²) in [7, 11) is 0. The van der Waals surface area contributed by atoms with Gasteiger partial charge in [-0.3, -0.25) is 0 Å². The number of ether oxygens (including phenoxy) is 1. The van der Waals surface area contributed by atoms with Crippen molar-refractivity contribution < 1.29 is 17.9 Å². The lowest BCUT2D eigenvalue weighted by Gasteiger charge is -2.16. The van der Waals surface area contributed by atoms with Crippen molar-refractivity contribution in [3.8, 4) is 0 Å². The van der Waals surface area contributed by atoms with Gasteiger partial charge in [-0.05, 0) is 13.8 Å². The van der Waals surface area contributed by atoms with Crippen LogP contribution in [-0.4, -0.2) is 24.9 Å². The van der Waals surface area contributed by atoms with E-state index in [1.807, 2.05) is 0 Å². The zero-order valence-electron chi connectivity index (χ0n) is 6.48. The van der Waals surface area contributed by atoms with Crippen LogP contribution in [0.2, 0.25) is 0 Å². The van der Waals surface area contributed by atoms with Gasteiger partial charge in [0.25, 0.3) is 0 Å². The van der Waals surface area contributed by atoms with Gasteiger partial charge in [0, 0.05) is 0 Å². The molecule has 0 aromatic carbocycles. The number of halogens is 3. The van der Waals surface area contributed by atoms with Gasteiger partial charge in [0.05, 0.1) is 12.7 Å². The number of hydrogen-bond acceptors (Lipinski definition) is 2. The van der Waals surface area contributed by atoms with Gasteiger partial charge in [0.2, 0.25) is 0 Å². The van der Waals surface area contributed by atoms with Crippen LogP contribution in [0, 0.1) is 0 Å². The highest BCUT2D eigenvalue weighted by Gasteiger charge is 2.36. The molecule has 11 heavy (non-hydrogen) atoms. The first-order valence-electron chi connectivity index (χ1n) is 3.28. The van der Waals surface area contributed by atoms with Crippen LogP contribution in [0.15, 0.2) is 0 Å². The normalized spacial score (nSPS) is 15.5. The lowest BCUT2D eigenvalue weighted by Crippen LogP contribution is -2.41. The Morgan fingerprint density at radius 2 is 1.82 bits per heavy atom. The molecule has 0 rings (SSSR count). The zero-order valence-corrected chi connectivity index (χ0v) is 6.48. The maximum absolute atomic E-state index is 11.7. The van der Waals surface area contributed by atoms with Crippen LogP contribution in [0.25, 0.3) is 0 Å². The highest BCUT2D eigenvalue weighted by atomic mass is 19.4. The summed E-state index contributed by atoms with van der Waals surface area (Å²) in [6, 6.07) is -1.87. The molecule has 1 atom stereocenters. The molecule has 0 radical (unpaired) electrons. The summed E-state index contributed by atoms with van der Waals surface area (Å²) >= 11 is 0. The van der Waals surface area contributed by atoms with Gasteiger partial charge >= 0.3 is 6.18 Å². The monoisotopic (exact) mass is 171 g/mol. The predicted octanol–water partition coefficient (Wildman–Crippen LogP) is 1.30. The van der Waals surface area contributed by atoms with E-state index in [-0.39, 0.29) is 6.10 Å². The minimum atomic E-state index is -4.35. The Kier molecular flexibility index (Phi) is 3.82. The molecule has 0 aliphatic carbocycles. The molecule has 0 heterocycles. The molecule has 5 heteroatoms. The van der Waals surface area contributed by atoms with E-state index in [4.69, 9.17) is 5.73 Å². The molecule has 0 aliphatic rings. The SMILES string of the molecule is CC(C)OCC(N)C(F)(F)F. The molecular weight excluding hydrogens is 159 g/mol. The van der Waals surface area contributed by atoms with E-state index in [2.05, 4.69) is 4.74 Å². The zero-order chi connectivity index (χ0) is 9.07. The Balaban J connectivity index is 3.61. The second-order valence-corrected chi connectivity index (χ2v) is 2.53. The topological polar surface area (TPSA) is 35.2 Å². The third-order valence-corrected chi connectivity index (χ3v) is 1.03. The molecule has 0 saturated carbocycles. The molecule has 0 amide bonds. The third kappa shape index (κ3) is 5.03. The fraction of sp³-hybridized carbons (Fsp3) is 1.00. The molecular formula is C6H12F3NO. The average molecular weight is 171 g/mol. The van der Waals surface area contributed by atoms with E-state index < -0.39 is 18.8 Å². The van der Waals surface area contributed by atoms with Gasteiger partial charge in [0.15, 0.2) is 0 Å². The van der Waals surface area contributed by atoms with Crippen molar-refractivity contribution in [2.75, 3.05) is 6.61 Å². The van der Waals surface area contributed by atoms with E-state index >= 15 is 0 Å². The van der Waals surface area contributed by atoms with Gasteiger partial charge in [-0.15, -0.1) is 0 Å². The van der Waals surface area contributed by atoms with Crippen molar-refractivity contribution in [2.24, 2.45) is 5.73 Å². The molecule has 0 aliphatic heterocycles. The van der Waals surface area contributed by atoms with Crippen molar-refractivity contribution in [3.05, 3.63) is 0 Å². The van der Waals surface area contributed by atoms with Crippen LogP contribution in [0.1, 0.15) is 13.8 Å². The van der Waals surface area contributed by atoms with Crippen LogP contribution >= 0.6 is 0 Å². The molecule has 0 aromatic heterocycles. The van der Waals surface area contributed by atoms with E-state index in [1.54, 1.807) is 13.8 Å². The standard InChI is InChI=1S/C6H12F3NO/c1-4(2)11-3-5(10)6(7,8)9/h4-5H,3,10H2,1-2H3. The summed E-state index contributed by atoms with van der Waals surface area (Å²) in [5.74, 6) is 0. The predicted molar refractivity (Wildman–Crippen MR) is 35.1 cm³/mol. The maximum Gasteiger partial charge on any atom is 0.405 e. The van der Waals surface area contributed by atoms with Crippen molar-refractivity contribution in [2.45, 2.75) is 32.2 Å². The second-order valence-electron chi connectivity index (χ2n) is 2.53. The molecule has 2 nitrogen and oxygen atoms in total. The molecule has 1 unspecified atom stereocenters. The average Bonchev–Trinajstić information content (AvgIpc) is 1.80. The molecule has 0 spiro atoms. The number of rotatable bonds is 3. The van der Waals surface area contributed by atoms with E-state index in [1.165, 1.54) is 0 Å². The first kappa shape index (κ1) is 10.7. The molecule has 0 fully saturated rings. The summed E-state index contributed by atoms with van der Waals surface area (Å²) < 4.78 is 39.8. The van der Waals surface area contributed by atoms with Crippen LogP contribution in [-0.2, 0) is 4.74 Å². The smallest absolute Gasteiger partial charge is 0.377 e. The summed E-state index contributed by atoms with van der Waals surface area (Å²) in [5, 5.41) is 0. The van der Waals surface area contributed by atoms with Crippen molar-refractivity contribution in [3.63, 3.8) is 0 Å². The van der Waals surface area contributed by atoms with Gasteiger partial charge < -0.3 is 10.5 Å². The summed E-state index contributed by atoms with van der Waals surface area (Å²) in [6.07, 6.45) is -4.57. The fourth-order valence-corrected chi connectivity index (χ4v) is 0.391. The van der Waals surface area contributed by atoms with Crippen LogP contribution in [0.5, 0.6) is 0 Å². The highest BCUT2D eigenvalue weighted by Crippen LogP contribution is 2.18. The number of alkyl halides is 3. The second kappa shape index (κ2) is 3.92. The van der Waals surface area contributed by atoms with Crippen molar-refractivity contribution in [1.82, 2.24) is 0 Å². The van der Waals surface area contributed by atoms with Crippen LogP contribution < -0.4 is 5.73 Å². The van der Waals surface area contributed by atoms with E-state index in [0.29, 0.717) is 0 Å². The largest absolute Gasteiger partial charge is 0.405 e. The maximum atomic E-state index is 11.7. The Labute approximate surface area is 63.5 Å². The summed E-state index contributed by atoms with van der Waals surface area (Å²) in [5.41, 5.74) is 4.75.